The largest absolute Gasteiger partial charge is 0.339 e. The zero-order chi connectivity index (χ0) is 37.7. The molecule has 0 radical (unpaired) electrons. The van der Waals surface area contributed by atoms with Gasteiger partial charge in [-0.05, 0) is 71.2 Å². The predicted octanol–water partition coefficient (Wildman–Crippen LogP) is 10.4. The molecule has 7 nitrogen and oxygen atoms in total. The van der Waals surface area contributed by atoms with Crippen LogP contribution in [0.3, 0.4) is 0 Å². The van der Waals surface area contributed by atoms with Crippen molar-refractivity contribution in [2.75, 3.05) is 6.54 Å². The summed E-state index contributed by atoms with van der Waals surface area (Å²) in [4.78, 5) is 27.9. The van der Waals surface area contributed by atoms with Crippen LogP contribution in [-0.2, 0) is 18.9 Å². The summed E-state index contributed by atoms with van der Waals surface area (Å²) < 4.78 is 27.7. The molecule has 3 aliphatic heterocycles. The average Bonchev–Trinajstić information content (AvgIpc) is 3.89. The summed E-state index contributed by atoms with van der Waals surface area (Å²) in [6.45, 7) is 0.363. The number of rotatable bonds is 7. The summed E-state index contributed by atoms with van der Waals surface area (Å²) in [6, 6.07) is 47.0. The third-order valence-electron chi connectivity index (χ3n) is 12.4. The van der Waals surface area contributed by atoms with Gasteiger partial charge < -0.3 is 18.9 Å². The van der Waals surface area contributed by atoms with Gasteiger partial charge in [0.1, 0.15) is 24.4 Å². The minimum absolute atomic E-state index is 0.0728. The molecule has 0 bridgehead atoms. The third kappa shape index (κ3) is 6.42. The molecule has 5 aliphatic rings. The van der Waals surface area contributed by atoms with Gasteiger partial charge in [0, 0.05) is 31.7 Å². The van der Waals surface area contributed by atoms with E-state index in [4.69, 9.17) is 18.9 Å². The molecule has 5 aromatic rings. The summed E-state index contributed by atoms with van der Waals surface area (Å²) in [5.41, 5.74) is 6.58. The van der Waals surface area contributed by atoms with Crippen molar-refractivity contribution in [2.45, 2.75) is 80.4 Å². The number of fused-ring (bicyclic) bond motifs is 1. The number of hydrogen-bond donors (Lipinski definition) is 0. The van der Waals surface area contributed by atoms with Crippen LogP contribution < -0.4 is 0 Å². The van der Waals surface area contributed by atoms with E-state index in [1.807, 2.05) is 42.5 Å². The fraction of sp³-hybridized carbons (Fsp3) is 0.306. The van der Waals surface area contributed by atoms with E-state index in [2.05, 4.69) is 97.1 Å². The Morgan fingerprint density at radius 3 is 1.48 bits per heavy atom. The van der Waals surface area contributed by atoms with Gasteiger partial charge in [-0.3, -0.25) is 14.5 Å². The molecule has 3 fully saturated rings. The van der Waals surface area contributed by atoms with Crippen molar-refractivity contribution in [3.8, 4) is 0 Å². The zero-order valence-electron chi connectivity index (χ0n) is 31.2. The van der Waals surface area contributed by atoms with Gasteiger partial charge in [-0.1, -0.05) is 133 Å². The molecule has 1 saturated carbocycles. The molecule has 56 heavy (non-hydrogen) atoms. The topological polar surface area (TPSA) is 74.3 Å². The molecule has 2 saturated heterocycles. The molecule has 2 aliphatic carbocycles. The van der Waals surface area contributed by atoms with Crippen LogP contribution in [0.25, 0.3) is 0 Å². The van der Waals surface area contributed by atoms with E-state index in [1.165, 1.54) is 10.5 Å². The first-order valence-electron chi connectivity index (χ1n) is 20.1. The third-order valence-corrected chi connectivity index (χ3v) is 12.4. The number of ether oxygens (including phenoxy) is 4. The fourth-order valence-corrected chi connectivity index (χ4v) is 9.64. The molecule has 0 aromatic heterocycles. The highest BCUT2D eigenvalue weighted by Crippen LogP contribution is 2.54. The summed E-state index contributed by atoms with van der Waals surface area (Å²) in [6.07, 6.45) is 8.22. The van der Waals surface area contributed by atoms with E-state index >= 15 is 0 Å². The molecule has 7 heteroatoms. The standard InChI is InChI=1S/C49H45NO6/c51-46-40-20-10-11-21-41(40)47(52)50(46)32-33-13-12-28-49(31-33)55-44(38-18-8-3-9-19-38)45(56-49)39-24-22-34(23-25-39)35-26-29-48(30-27-35)53-42(36-14-4-1-5-15-36)43(54-48)37-16-6-2-7-17-37/h1-11,14-26,29,33,35,42-45H,12-13,27-28,30-32H2/t33-,35?,42+,43+,44+,45+,49?/m0/s1. The van der Waals surface area contributed by atoms with Crippen LogP contribution in [0.2, 0.25) is 0 Å². The number of nitrogens with zero attached hydrogens (tertiary/aromatic N) is 1. The molecule has 7 atom stereocenters. The van der Waals surface area contributed by atoms with Crippen molar-refractivity contribution in [1.29, 1.82) is 0 Å². The van der Waals surface area contributed by atoms with Crippen molar-refractivity contribution >= 4 is 11.8 Å². The van der Waals surface area contributed by atoms with Gasteiger partial charge in [-0.25, -0.2) is 0 Å². The van der Waals surface area contributed by atoms with Crippen LogP contribution in [0, 0.1) is 5.92 Å². The van der Waals surface area contributed by atoms with Crippen molar-refractivity contribution < 1.29 is 28.5 Å². The quantitative estimate of drug-likeness (QED) is 0.122. The molecule has 10 rings (SSSR count). The Balaban J connectivity index is 0.862. The number of benzene rings is 5. The van der Waals surface area contributed by atoms with Crippen LogP contribution in [0.4, 0.5) is 0 Å². The fourth-order valence-electron chi connectivity index (χ4n) is 9.64. The van der Waals surface area contributed by atoms with Crippen LogP contribution in [0.5, 0.6) is 0 Å². The second-order valence-corrected chi connectivity index (χ2v) is 16.0. The normalized spacial score (nSPS) is 29.3. The van der Waals surface area contributed by atoms with Crippen LogP contribution >= 0.6 is 0 Å². The molecule has 5 aromatic carbocycles. The van der Waals surface area contributed by atoms with Crippen LogP contribution in [0.1, 0.15) is 117 Å². The second kappa shape index (κ2) is 14.4. The van der Waals surface area contributed by atoms with Gasteiger partial charge in [-0.15, -0.1) is 0 Å². The smallest absolute Gasteiger partial charge is 0.261 e. The number of carbonyl (C=O) groups is 2. The summed E-state index contributed by atoms with van der Waals surface area (Å²) in [5, 5.41) is 0. The lowest BCUT2D eigenvalue weighted by Crippen LogP contribution is -2.42. The molecule has 2 unspecified atom stereocenters. The van der Waals surface area contributed by atoms with Crippen molar-refractivity contribution in [1.82, 2.24) is 4.90 Å². The highest BCUT2D eigenvalue weighted by molar-refractivity contribution is 6.21. The first kappa shape index (κ1) is 35.2. The molecule has 282 valence electrons. The molecule has 0 N–H and O–H groups in total. The van der Waals surface area contributed by atoms with E-state index < -0.39 is 11.6 Å². The van der Waals surface area contributed by atoms with Gasteiger partial charge in [0.2, 0.25) is 0 Å². The maximum Gasteiger partial charge on any atom is 0.261 e. The van der Waals surface area contributed by atoms with E-state index in [1.54, 1.807) is 12.1 Å². The van der Waals surface area contributed by atoms with Crippen LogP contribution in [0.15, 0.2) is 152 Å². The average molecular weight is 744 g/mol. The highest BCUT2D eigenvalue weighted by Gasteiger charge is 2.52. The van der Waals surface area contributed by atoms with Gasteiger partial charge in [0.05, 0.1) is 11.1 Å². The Hall–Kier alpha value is -5.18. The number of amides is 2. The lowest BCUT2D eigenvalue weighted by Gasteiger charge is -2.37. The maximum absolute atomic E-state index is 13.2. The Morgan fingerprint density at radius 1 is 0.518 bits per heavy atom. The Labute approximate surface area is 327 Å². The second-order valence-electron chi connectivity index (χ2n) is 16.0. The number of imide groups is 1. The Bertz CT molecular complexity index is 2160. The molecule has 3 heterocycles. The van der Waals surface area contributed by atoms with Gasteiger partial charge in [-0.2, -0.15) is 0 Å². The van der Waals surface area contributed by atoms with E-state index in [9.17, 15) is 9.59 Å². The Morgan fingerprint density at radius 2 is 0.982 bits per heavy atom. The van der Waals surface area contributed by atoms with E-state index in [0.717, 1.165) is 54.4 Å². The summed E-state index contributed by atoms with van der Waals surface area (Å²) in [5.74, 6) is -1.70. The predicted molar refractivity (Wildman–Crippen MR) is 211 cm³/mol. The lowest BCUT2D eigenvalue weighted by atomic mass is 9.84. The zero-order valence-corrected chi connectivity index (χ0v) is 31.2. The van der Waals surface area contributed by atoms with Crippen LogP contribution in [-0.4, -0.2) is 34.8 Å². The summed E-state index contributed by atoms with van der Waals surface area (Å²) >= 11 is 0. The van der Waals surface area contributed by atoms with Gasteiger partial charge >= 0.3 is 0 Å². The first-order chi connectivity index (χ1) is 27.5. The first-order valence-corrected chi connectivity index (χ1v) is 20.1. The van der Waals surface area contributed by atoms with E-state index in [-0.39, 0.29) is 48.1 Å². The van der Waals surface area contributed by atoms with Crippen molar-refractivity contribution in [3.63, 3.8) is 0 Å². The number of carbonyl (C=O) groups excluding carboxylic acids is 2. The lowest BCUT2D eigenvalue weighted by molar-refractivity contribution is -0.205. The minimum Gasteiger partial charge on any atom is -0.339 e. The SMILES string of the molecule is O=C1c2ccccc2C(=O)N1C[C@H]1CCCC2(C1)O[C@H](c1ccccc1)[C@@H](c1ccc(C3C=CC4(CC3)O[C@H](c3ccccc3)[C@@H](c3ccccc3)O4)cc1)O2. The highest BCUT2D eigenvalue weighted by atomic mass is 16.8. The number of allylic oxidation sites excluding steroid dienone is 1. The molecule has 2 amide bonds. The minimum atomic E-state index is -0.803. The molecular formula is C49H45NO6. The van der Waals surface area contributed by atoms with E-state index in [0.29, 0.717) is 24.1 Å². The number of hydrogen-bond acceptors (Lipinski definition) is 6. The Kier molecular flexibility index (Phi) is 9.06. The van der Waals surface area contributed by atoms with Crippen molar-refractivity contribution in [3.05, 3.63) is 191 Å². The maximum atomic E-state index is 13.2. The summed E-state index contributed by atoms with van der Waals surface area (Å²) in [7, 11) is 0. The molecular weight excluding hydrogens is 699 g/mol. The van der Waals surface area contributed by atoms with Gasteiger partial charge in [0.25, 0.3) is 11.8 Å². The monoisotopic (exact) mass is 743 g/mol. The van der Waals surface area contributed by atoms with Crippen molar-refractivity contribution in [2.24, 2.45) is 5.92 Å². The molecule has 2 spiro atoms. The van der Waals surface area contributed by atoms with Gasteiger partial charge in [0.15, 0.2) is 11.6 Å².